The minimum atomic E-state index is -0.467. The van der Waals surface area contributed by atoms with Gasteiger partial charge in [0.15, 0.2) is 0 Å². The second-order valence-corrected chi connectivity index (χ2v) is 8.73. The molecule has 1 heterocycles. The maximum atomic E-state index is 14.6. The minimum Gasteiger partial charge on any atom is -0.336 e. The molecule has 31 heavy (non-hydrogen) atoms. The number of rotatable bonds is 7. The standard InChI is InChI=1S/C25H32FN3O2/c1-27-13-15-28(16-14-27)25(30)23-17-21(11-12-24(23)26)18-29(22-9-3-2-4-10-22)31-19-20-7-5-6-8-20/h2-4,9-12,17,20H,5-8,13-16,18-19H2,1H3. The summed E-state index contributed by atoms with van der Waals surface area (Å²) >= 11 is 0. The van der Waals surface area contributed by atoms with Crippen LogP contribution in [-0.4, -0.2) is 55.5 Å². The van der Waals surface area contributed by atoms with Crippen molar-refractivity contribution in [3.8, 4) is 0 Å². The van der Waals surface area contributed by atoms with Crippen LogP contribution in [0.1, 0.15) is 41.6 Å². The Hall–Kier alpha value is -2.44. The number of carbonyl (C=O) groups excluding carboxylic acids is 1. The summed E-state index contributed by atoms with van der Waals surface area (Å²) in [5, 5.41) is 1.87. The van der Waals surface area contributed by atoms with E-state index < -0.39 is 5.82 Å². The number of carbonyl (C=O) groups is 1. The monoisotopic (exact) mass is 425 g/mol. The van der Waals surface area contributed by atoms with Gasteiger partial charge in [0.05, 0.1) is 24.4 Å². The Kier molecular flexibility index (Phi) is 7.20. The fourth-order valence-electron chi connectivity index (χ4n) is 4.36. The summed E-state index contributed by atoms with van der Waals surface area (Å²) in [6, 6.07) is 14.8. The Morgan fingerprint density at radius 1 is 1.06 bits per heavy atom. The van der Waals surface area contributed by atoms with Crippen LogP contribution in [0.4, 0.5) is 10.1 Å². The Morgan fingerprint density at radius 2 is 1.77 bits per heavy atom. The number of benzene rings is 2. The fourth-order valence-corrected chi connectivity index (χ4v) is 4.36. The highest BCUT2D eigenvalue weighted by Gasteiger charge is 2.24. The SMILES string of the molecule is CN1CCN(C(=O)c2cc(CN(OCC3CCCC3)c3ccccc3)ccc2F)CC1. The predicted octanol–water partition coefficient (Wildman–Crippen LogP) is 4.34. The number of hydrogen-bond acceptors (Lipinski definition) is 4. The lowest BCUT2D eigenvalue weighted by atomic mass is 10.1. The number of amides is 1. The predicted molar refractivity (Wildman–Crippen MR) is 120 cm³/mol. The average molecular weight is 426 g/mol. The van der Waals surface area contributed by atoms with Crippen molar-refractivity contribution >= 4 is 11.6 Å². The zero-order valence-electron chi connectivity index (χ0n) is 18.3. The van der Waals surface area contributed by atoms with Crippen molar-refractivity contribution in [3.63, 3.8) is 0 Å². The summed E-state index contributed by atoms with van der Waals surface area (Å²) in [7, 11) is 2.03. The van der Waals surface area contributed by atoms with E-state index in [-0.39, 0.29) is 11.5 Å². The molecule has 0 radical (unpaired) electrons. The maximum Gasteiger partial charge on any atom is 0.256 e. The second kappa shape index (κ2) is 10.2. The molecule has 0 unspecified atom stereocenters. The highest BCUT2D eigenvalue weighted by Crippen LogP contribution is 2.27. The van der Waals surface area contributed by atoms with Gasteiger partial charge in [-0.05, 0) is 55.6 Å². The number of hydrogen-bond donors (Lipinski definition) is 0. The van der Waals surface area contributed by atoms with E-state index in [9.17, 15) is 9.18 Å². The maximum absolute atomic E-state index is 14.6. The Bertz CT molecular complexity index is 862. The van der Waals surface area contributed by atoms with Gasteiger partial charge in [0, 0.05) is 26.2 Å². The molecule has 166 valence electrons. The molecule has 4 rings (SSSR count). The van der Waals surface area contributed by atoms with Crippen LogP contribution in [0.15, 0.2) is 48.5 Å². The zero-order valence-corrected chi connectivity index (χ0v) is 18.3. The molecule has 1 aliphatic heterocycles. The van der Waals surface area contributed by atoms with E-state index in [0.29, 0.717) is 32.2 Å². The molecule has 2 aliphatic rings. The number of hydroxylamine groups is 1. The molecule has 1 amide bonds. The molecule has 1 aliphatic carbocycles. The molecule has 1 saturated heterocycles. The first kappa shape index (κ1) is 21.8. The number of nitrogens with zero attached hydrogens (tertiary/aromatic N) is 3. The summed E-state index contributed by atoms with van der Waals surface area (Å²) in [5.41, 5.74) is 1.96. The third-order valence-corrected chi connectivity index (χ3v) is 6.36. The molecule has 1 saturated carbocycles. The zero-order chi connectivity index (χ0) is 21.6. The second-order valence-electron chi connectivity index (χ2n) is 8.73. The Labute approximate surface area is 184 Å². The lowest BCUT2D eigenvalue weighted by Crippen LogP contribution is -2.47. The van der Waals surface area contributed by atoms with Crippen LogP contribution in [0.25, 0.3) is 0 Å². The molecule has 2 aromatic carbocycles. The van der Waals surface area contributed by atoms with Gasteiger partial charge in [0.1, 0.15) is 5.82 Å². The molecular weight excluding hydrogens is 393 g/mol. The molecular formula is C25H32FN3O2. The van der Waals surface area contributed by atoms with E-state index in [0.717, 1.165) is 24.3 Å². The number of halogens is 1. The van der Waals surface area contributed by atoms with Crippen molar-refractivity contribution in [3.05, 3.63) is 65.5 Å². The normalized spacial score (nSPS) is 17.8. The fraction of sp³-hybridized carbons (Fsp3) is 0.480. The van der Waals surface area contributed by atoms with Crippen molar-refractivity contribution in [2.45, 2.75) is 32.2 Å². The number of anilines is 1. The molecule has 0 atom stereocenters. The summed E-state index contributed by atoms with van der Waals surface area (Å²) < 4.78 is 14.6. The molecule has 0 bridgehead atoms. The Balaban J connectivity index is 1.49. The van der Waals surface area contributed by atoms with Crippen molar-refractivity contribution in [1.29, 1.82) is 0 Å². The van der Waals surface area contributed by atoms with Crippen LogP contribution < -0.4 is 5.06 Å². The van der Waals surface area contributed by atoms with E-state index in [4.69, 9.17) is 4.84 Å². The summed E-state index contributed by atoms with van der Waals surface area (Å²) in [4.78, 5) is 23.1. The molecule has 6 heteroatoms. The van der Waals surface area contributed by atoms with Gasteiger partial charge in [-0.3, -0.25) is 9.63 Å². The largest absolute Gasteiger partial charge is 0.336 e. The summed E-state index contributed by atoms with van der Waals surface area (Å²) in [6.07, 6.45) is 4.97. The number of likely N-dealkylation sites (N-methyl/N-ethyl adjacent to an activating group) is 1. The highest BCUT2D eigenvalue weighted by atomic mass is 19.1. The van der Waals surface area contributed by atoms with Crippen LogP contribution in [-0.2, 0) is 11.4 Å². The number of piperazine rings is 1. The highest BCUT2D eigenvalue weighted by molar-refractivity contribution is 5.94. The van der Waals surface area contributed by atoms with Crippen molar-refractivity contribution in [2.75, 3.05) is 44.9 Å². The quantitative estimate of drug-likeness (QED) is 0.619. The molecule has 2 aromatic rings. The first-order valence-corrected chi connectivity index (χ1v) is 11.3. The van der Waals surface area contributed by atoms with E-state index in [1.165, 1.54) is 31.7 Å². The third-order valence-electron chi connectivity index (χ3n) is 6.36. The van der Waals surface area contributed by atoms with Crippen molar-refractivity contribution in [2.24, 2.45) is 5.92 Å². The number of para-hydroxylation sites is 1. The Morgan fingerprint density at radius 3 is 2.48 bits per heavy atom. The molecule has 0 N–H and O–H groups in total. The average Bonchev–Trinajstić information content (AvgIpc) is 3.32. The van der Waals surface area contributed by atoms with Gasteiger partial charge >= 0.3 is 0 Å². The topological polar surface area (TPSA) is 36.0 Å². The smallest absolute Gasteiger partial charge is 0.256 e. The lowest BCUT2D eigenvalue weighted by Gasteiger charge is -2.32. The van der Waals surface area contributed by atoms with Gasteiger partial charge in [0.2, 0.25) is 0 Å². The van der Waals surface area contributed by atoms with Gasteiger partial charge in [-0.25, -0.2) is 9.45 Å². The van der Waals surface area contributed by atoms with Crippen LogP contribution in [0.3, 0.4) is 0 Å². The van der Waals surface area contributed by atoms with E-state index in [1.807, 2.05) is 42.4 Å². The van der Waals surface area contributed by atoms with E-state index in [1.54, 1.807) is 17.0 Å². The van der Waals surface area contributed by atoms with Gasteiger partial charge in [-0.15, -0.1) is 0 Å². The molecule has 0 spiro atoms. The summed E-state index contributed by atoms with van der Waals surface area (Å²) in [5.74, 6) is -0.106. The van der Waals surface area contributed by atoms with Gasteiger partial charge in [-0.1, -0.05) is 37.1 Å². The van der Waals surface area contributed by atoms with E-state index >= 15 is 0 Å². The van der Waals surface area contributed by atoms with Gasteiger partial charge < -0.3 is 9.80 Å². The first-order chi connectivity index (χ1) is 15.1. The minimum absolute atomic E-state index is 0.144. The molecule has 2 fully saturated rings. The van der Waals surface area contributed by atoms with Crippen molar-refractivity contribution < 1.29 is 14.0 Å². The van der Waals surface area contributed by atoms with Crippen molar-refractivity contribution in [1.82, 2.24) is 9.80 Å². The third kappa shape index (κ3) is 5.63. The van der Waals surface area contributed by atoms with Crippen LogP contribution in [0.2, 0.25) is 0 Å². The van der Waals surface area contributed by atoms with Crippen LogP contribution >= 0.6 is 0 Å². The summed E-state index contributed by atoms with van der Waals surface area (Å²) in [6.45, 7) is 4.01. The van der Waals surface area contributed by atoms with Crippen LogP contribution in [0, 0.1) is 11.7 Å². The van der Waals surface area contributed by atoms with Gasteiger partial charge in [-0.2, -0.15) is 0 Å². The van der Waals surface area contributed by atoms with Gasteiger partial charge in [0.25, 0.3) is 5.91 Å². The molecule has 0 aromatic heterocycles. The first-order valence-electron chi connectivity index (χ1n) is 11.3. The lowest BCUT2D eigenvalue weighted by molar-refractivity contribution is 0.0658. The van der Waals surface area contributed by atoms with Crippen LogP contribution in [0.5, 0.6) is 0 Å². The van der Waals surface area contributed by atoms with E-state index in [2.05, 4.69) is 4.90 Å². The molecule has 5 nitrogen and oxygen atoms in total.